The van der Waals surface area contributed by atoms with Crippen molar-refractivity contribution in [1.82, 2.24) is 9.97 Å². The molecule has 2 aromatic rings. The van der Waals surface area contributed by atoms with Crippen molar-refractivity contribution in [1.29, 1.82) is 0 Å². The van der Waals surface area contributed by atoms with Crippen LogP contribution in [0.3, 0.4) is 0 Å². The van der Waals surface area contributed by atoms with Gasteiger partial charge in [0.15, 0.2) is 0 Å². The van der Waals surface area contributed by atoms with Crippen molar-refractivity contribution in [2.24, 2.45) is 0 Å². The van der Waals surface area contributed by atoms with Crippen LogP contribution in [0.4, 0.5) is 0 Å². The van der Waals surface area contributed by atoms with Gasteiger partial charge in [0.05, 0.1) is 11.4 Å². The van der Waals surface area contributed by atoms with E-state index in [0.717, 1.165) is 23.7 Å². The minimum Gasteiger partial charge on any atom is -0.492 e. The molecule has 1 aromatic carbocycles. The number of aryl methyl sites for hydroxylation is 2. The van der Waals surface area contributed by atoms with Crippen molar-refractivity contribution in [2.45, 2.75) is 30.9 Å². The number of hydrogen-bond donors (Lipinski definition) is 2. The number of imidazole rings is 1. The Morgan fingerprint density at radius 2 is 2.00 bits per heavy atom. The molecule has 0 saturated carbocycles. The summed E-state index contributed by atoms with van der Waals surface area (Å²) in [5.74, 6) is 1.70. The highest BCUT2D eigenvalue weighted by Gasteiger charge is 2.07. The highest BCUT2D eigenvalue weighted by atomic mass is 32.2. The van der Waals surface area contributed by atoms with Crippen LogP contribution < -0.4 is 0 Å². The van der Waals surface area contributed by atoms with Crippen molar-refractivity contribution in [3.63, 3.8) is 0 Å². The summed E-state index contributed by atoms with van der Waals surface area (Å²) in [6.45, 7) is 4.07. The Kier molecular flexibility index (Phi) is 3.74. The number of aromatic amines is 1. The minimum atomic E-state index is 0.131. The lowest BCUT2D eigenvalue weighted by molar-refractivity contribution is 0.449. The van der Waals surface area contributed by atoms with Crippen LogP contribution in [0.1, 0.15) is 24.0 Å². The summed E-state index contributed by atoms with van der Waals surface area (Å²) in [4.78, 5) is 8.44. The molecule has 0 saturated heterocycles. The molecular weight excluding hydrogens is 232 g/mol. The van der Waals surface area contributed by atoms with E-state index in [-0.39, 0.29) is 5.88 Å². The molecule has 0 radical (unpaired) electrons. The highest BCUT2D eigenvalue weighted by Crippen LogP contribution is 2.23. The van der Waals surface area contributed by atoms with Crippen LogP contribution in [0.15, 0.2) is 29.2 Å². The summed E-state index contributed by atoms with van der Waals surface area (Å²) in [6, 6.07) is 8.39. The third kappa shape index (κ3) is 3.03. The molecule has 4 heteroatoms. The number of aromatic nitrogens is 2. The Labute approximate surface area is 105 Å². The van der Waals surface area contributed by atoms with Gasteiger partial charge >= 0.3 is 0 Å². The number of nitrogens with zero attached hydrogens (tertiary/aromatic N) is 1. The first-order valence-corrected chi connectivity index (χ1v) is 6.63. The zero-order chi connectivity index (χ0) is 12.3. The van der Waals surface area contributed by atoms with E-state index in [1.54, 1.807) is 11.8 Å². The van der Waals surface area contributed by atoms with E-state index in [9.17, 15) is 5.11 Å². The van der Waals surface area contributed by atoms with Crippen LogP contribution in [-0.4, -0.2) is 15.1 Å². The van der Waals surface area contributed by atoms with Crippen LogP contribution in [0, 0.1) is 6.92 Å². The largest absolute Gasteiger partial charge is 0.492 e. The number of rotatable bonds is 4. The normalized spacial score (nSPS) is 10.7. The summed E-state index contributed by atoms with van der Waals surface area (Å²) < 4.78 is 0. The third-order valence-electron chi connectivity index (χ3n) is 2.56. The third-order valence-corrected chi connectivity index (χ3v) is 3.58. The van der Waals surface area contributed by atoms with E-state index in [1.165, 1.54) is 10.5 Å². The number of nitrogens with one attached hydrogen (secondary N) is 1. The second kappa shape index (κ2) is 5.27. The van der Waals surface area contributed by atoms with Gasteiger partial charge in [-0.2, -0.15) is 4.98 Å². The van der Waals surface area contributed by atoms with Gasteiger partial charge in [0.25, 0.3) is 0 Å². The number of H-pyrrole nitrogens is 1. The van der Waals surface area contributed by atoms with Crippen LogP contribution in [0.2, 0.25) is 0 Å². The van der Waals surface area contributed by atoms with Crippen LogP contribution in [0.25, 0.3) is 0 Å². The van der Waals surface area contributed by atoms with E-state index >= 15 is 0 Å². The second-order valence-corrected chi connectivity index (χ2v) is 4.99. The Morgan fingerprint density at radius 1 is 1.29 bits per heavy atom. The molecule has 1 heterocycles. The number of benzene rings is 1. The molecule has 0 aliphatic carbocycles. The van der Waals surface area contributed by atoms with Gasteiger partial charge in [0.2, 0.25) is 5.88 Å². The molecule has 0 bridgehead atoms. The van der Waals surface area contributed by atoms with Gasteiger partial charge in [-0.15, -0.1) is 11.8 Å². The summed E-state index contributed by atoms with van der Waals surface area (Å²) in [5, 5.41) is 9.51. The fourth-order valence-corrected chi connectivity index (χ4v) is 2.32. The summed E-state index contributed by atoms with van der Waals surface area (Å²) in [6.07, 6.45) is 0.772. The van der Waals surface area contributed by atoms with Crippen molar-refractivity contribution < 1.29 is 5.11 Å². The lowest BCUT2D eigenvalue weighted by Gasteiger charge is -1.99. The SMILES string of the molecule is CCc1[nH]c(CSc2ccc(C)cc2)nc1O. The molecule has 1 aromatic heterocycles. The van der Waals surface area contributed by atoms with E-state index in [1.807, 2.05) is 6.92 Å². The lowest BCUT2D eigenvalue weighted by Crippen LogP contribution is -1.85. The van der Waals surface area contributed by atoms with Crippen LogP contribution in [-0.2, 0) is 12.2 Å². The molecule has 0 atom stereocenters. The first-order valence-electron chi connectivity index (χ1n) is 5.65. The number of aromatic hydroxyl groups is 1. The first-order chi connectivity index (χ1) is 8.19. The molecule has 0 fully saturated rings. The first kappa shape index (κ1) is 12.0. The Balaban J connectivity index is 1.99. The maximum absolute atomic E-state index is 9.51. The van der Waals surface area contributed by atoms with Crippen molar-refractivity contribution >= 4 is 11.8 Å². The van der Waals surface area contributed by atoms with Gasteiger partial charge in [0.1, 0.15) is 5.82 Å². The predicted molar refractivity (Wildman–Crippen MR) is 70.4 cm³/mol. The lowest BCUT2D eigenvalue weighted by atomic mass is 10.2. The predicted octanol–water partition coefficient (Wildman–Crippen LogP) is 3.28. The number of thioether (sulfide) groups is 1. The van der Waals surface area contributed by atoms with E-state index < -0.39 is 0 Å². The molecule has 2 rings (SSSR count). The zero-order valence-corrected chi connectivity index (χ0v) is 10.8. The van der Waals surface area contributed by atoms with Gasteiger partial charge in [-0.05, 0) is 25.5 Å². The van der Waals surface area contributed by atoms with Gasteiger partial charge in [-0.25, -0.2) is 0 Å². The van der Waals surface area contributed by atoms with Crippen LogP contribution in [0.5, 0.6) is 5.88 Å². The Hall–Kier alpha value is -1.42. The minimum absolute atomic E-state index is 0.131. The molecule has 0 aliphatic rings. The maximum atomic E-state index is 9.51. The molecule has 0 unspecified atom stereocenters. The van der Waals surface area contributed by atoms with Crippen LogP contribution >= 0.6 is 11.8 Å². The Bertz CT molecular complexity index is 491. The van der Waals surface area contributed by atoms with Crippen molar-refractivity contribution in [2.75, 3.05) is 0 Å². The summed E-state index contributed by atoms with van der Waals surface area (Å²) in [7, 11) is 0. The molecule has 90 valence electrons. The standard InChI is InChI=1S/C13H16N2OS/c1-3-11-13(16)15-12(14-11)8-17-10-6-4-9(2)5-7-10/h4-7,16H,3,8H2,1-2H3,(H,14,15). The van der Waals surface area contributed by atoms with E-state index in [0.29, 0.717) is 0 Å². The molecule has 2 N–H and O–H groups in total. The van der Waals surface area contributed by atoms with Crippen molar-refractivity contribution in [3.05, 3.63) is 41.3 Å². The summed E-state index contributed by atoms with van der Waals surface area (Å²) in [5.41, 5.74) is 2.07. The summed E-state index contributed by atoms with van der Waals surface area (Å²) >= 11 is 1.71. The molecule has 3 nitrogen and oxygen atoms in total. The van der Waals surface area contributed by atoms with Crippen molar-refractivity contribution in [3.8, 4) is 5.88 Å². The number of hydrogen-bond acceptors (Lipinski definition) is 3. The Morgan fingerprint density at radius 3 is 2.59 bits per heavy atom. The fraction of sp³-hybridized carbons (Fsp3) is 0.308. The molecule has 0 aliphatic heterocycles. The zero-order valence-electron chi connectivity index (χ0n) is 10.0. The highest BCUT2D eigenvalue weighted by molar-refractivity contribution is 7.98. The second-order valence-electron chi connectivity index (χ2n) is 3.94. The average molecular weight is 248 g/mol. The van der Waals surface area contributed by atoms with E-state index in [4.69, 9.17) is 0 Å². The maximum Gasteiger partial charge on any atom is 0.232 e. The van der Waals surface area contributed by atoms with Gasteiger partial charge < -0.3 is 10.1 Å². The molecule has 0 spiro atoms. The molecular formula is C13H16N2OS. The fourth-order valence-electron chi connectivity index (χ4n) is 1.55. The van der Waals surface area contributed by atoms with E-state index in [2.05, 4.69) is 41.2 Å². The molecule has 17 heavy (non-hydrogen) atoms. The van der Waals surface area contributed by atoms with Gasteiger partial charge in [-0.1, -0.05) is 24.6 Å². The van der Waals surface area contributed by atoms with Gasteiger partial charge in [0, 0.05) is 4.90 Å². The average Bonchev–Trinajstić information content (AvgIpc) is 2.69. The monoisotopic (exact) mass is 248 g/mol. The quantitative estimate of drug-likeness (QED) is 0.816. The van der Waals surface area contributed by atoms with Gasteiger partial charge in [-0.3, -0.25) is 0 Å². The topological polar surface area (TPSA) is 48.9 Å². The smallest absolute Gasteiger partial charge is 0.232 e. The molecule has 0 amide bonds.